The number of rotatable bonds is 8. The molecule has 6 atom stereocenters. The minimum absolute atomic E-state index is 0.0779. The van der Waals surface area contributed by atoms with Gasteiger partial charge in [-0.25, -0.2) is 9.29 Å². The molecule has 1 saturated carbocycles. The Morgan fingerprint density at radius 2 is 1.55 bits per heavy atom. The van der Waals surface area contributed by atoms with Crippen molar-refractivity contribution < 1.29 is 38.1 Å². The van der Waals surface area contributed by atoms with Crippen molar-refractivity contribution in [2.45, 2.75) is 25.2 Å². The van der Waals surface area contributed by atoms with Gasteiger partial charge in [0.1, 0.15) is 5.82 Å². The zero-order chi connectivity index (χ0) is 39.6. The van der Waals surface area contributed by atoms with Gasteiger partial charge in [0, 0.05) is 16.0 Å². The van der Waals surface area contributed by atoms with Crippen LogP contribution in [0.5, 0.6) is 17.2 Å². The highest BCUT2D eigenvalue weighted by Gasteiger charge is 2.69. The number of benzene rings is 4. The number of imide groups is 2. The predicted molar refractivity (Wildman–Crippen MR) is 209 cm³/mol. The number of hydrogen-bond donors (Lipinski definition) is 2. The van der Waals surface area contributed by atoms with Crippen molar-refractivity contribution >= 4 is 64.3 Å². The lowest BCUT2D eigenvalue weighted by atomic mass is 9.50. The second-order valence-electron chi connectivity index (χ2n) is 14.5. The average Bonchev–Trinajstić information content (AvgIpc) is 3.57. The quantitative estimate of drug-likeness (QED) is 0.136. The van der Waals surface area contributed by atoms with E-state index in [1.165, 1.54) is 43.4 Å². The molecule has 0 spiro atoms. The van der Waals surface area contributed by atoms with E-state index in [9.17, 15) is 23.9 Å². The Hall–Kier alpha value is -5.65. The third-order valence-electron chi connectivity index (χ3n) is 11.7. The number of aryl methyl sites for hydroxylation is 1. The normalized spacial score (nSPS) is 25.6. The summed E-state index contributed by atoms with van der Waals surface area (Å²) in [4.78, 5) is 59.9. The summed E-state index contributed by atoms with van der Waals surface area (Å²) in [6.07, 6.45) is 5.83. The standard InChI is InChI=1S/C43H36Cl2FN3O7/c1-22-4-14-28(20-34(22)45)48-39(51)30-16-15-29-31(37(30)41(48)53)21-33-40(52)49(47-27-12-10-26(46)11-13-27)42(54)43(33,24-6-8-25(44)9-7-24)32(29)17-5-23-18-35(55-2)38(50)36(19-23)56-3/h4-15,17-20,30-33,37,47,50H,16,21H2,1-3H3. The van der Waals surface area contributed by atoms with Gasteiger partial charge in [-0.15, -0.1) is 0 Å². The summed E-state index contributed by atoms with van der Waals surface area (Å²) in [6, 6.07) is 20.4. The van der Waals surface area contributed by atoms with Gasteiger partial charge < -0.3 is 14.6 Å². The van der Waals surface area contributed by atoms with Crippen LogP contribution in [0.2, 0.25) is 10.0 Å². The maximum Gasteiger partial charge on any atom is 0.260 e. The Morgan fingerprint density at radius 3 is 2.20 bits per heavy atom. The molecule has 8 rings (SSSR count). The molecule has 6 unspecified atom stereocenters. The molecule has 3 fully saturated rings. The number of amides is 4. The number of carbonyl (C=O) groups excluding carboxylic acids is 4. The summed E-state index contributed by atoms with van der Waals surface area (Å²) in [5.41, 5.74) is 4.68. The van der Waals surface area contributed by atoms with Crippen LogP contribution < -0.4 is 19.8 Å². The number of fused-ring (bicyclic) bond motifs is 4. The molecule has 4 aromatic rings. The van der Waals surface area contributed by atoms with E-state index in [4.69, 9.17) is 32.7 Å². The van der Waals surface area contributed by atoms with Gasteiger partial charge >= 0.3 is 0 Å². The number of methoxy groups -OCH3 is 2. The molecule has 2 saturated heterocycles. The van der Waals surface area contributed by atoms with Gasteiger partial charge in [0.05, 0.1) is 48.8 Å². The summed E-state index contributed by atoms with van der Waals surface area (Å²) in [5, 5.41) is 12.5. The second-order valence-corrected chi connectivity index (χ2v) is 15.3. The summed E-state index contributed by atoms with van der Waals surface area (Å²) < 4.78 is 24.7. The number of ether oxygens (including phenoxy) is 2. The number of hydrogen-bond acceptors (Lipinski definition) is 8. The molecular weight excluding hydrogens is 760 g/mol. The van der Waals surface area contributed by atoms with Crippen molar-refractivity contribution in [3.05, 3.63) is 129 Å². The zero-order valence-electron chi connectivity index (χ0n) is 30.5. The van der Waals surface area contributed by atoms with E-state index in [0.717, 1.165) is 16.1 Å². The molecule has 0 radical (unpaired) electrons. The lowest BCUT2D eigenvalue weighted by Crippen LogP contribution is -2.54. The number of allylic oxidation sites excluding steroid dienone is 3. The van der Waals surface area contributed by atoms with Gasteiger partial charge in [-0.05, 0) is 103 Å². The number of aromatic hydroxyl groups is 1. The van der Waals surface area contributed by atoms with Gasteiger partial charge in [0.2, 0.25) is 17.6 Å². The number of nitrogens with one attached hydrogen (secondary N) is 1. The molecule has 2 aliphatic carbocycles. The third kappa shape index (κ3) is 5.75. The first kappa shape index (κ1) is 37.3. The molecule has 2 N–H and O–H groups in total. The number of phenolic OH excluding ortho intramolecular Hbond substituents is 1. The molecule has 2 aliphatic heterocycles. The monoisotopic (exact) mass is 795 g/mol. The van der Waals surface area contributed by atoms with Crippen LogP contribution in [0.3, 0.4) is 0 Å². The van der Waals surface area contributed by atoms with E-state index in [2.05, 4.69) is 5.43 Å². The van der Waals surface area contributed by atoms with Crippen LogP contribution in [0, 0.1) is 42.3 Å². The molecule has 10 nitrogen and oxygen atoms in total. The van der Waals surface area contributed by atoms with Gasteiger partial charge in [-0.3, -0.25) is 24.6 Å². The van der Waals surface area contributed by atoms with E-state index >= 15 is 4.79 Å². The predicted octanol–water partition coefficient (Wildman–Crippen LogP) is 7.90. The van der Waals surface area contributed by atoms with Crippen LogP contribution in [0.25, 0.3) is 6.08 Å². The van der Waals surface area contributed by atoms with E-state index in [-0.39, 0.29) is 36.0 Å². The lowest BCUT2D eigenvalue weighted by Gasteiger charge is -2.49. The van der Waals surface area contributed by atoms with E-state index < -0.39 is 58.5 Å². The largest absolute Gasteiger partial charge is 0.502 e. The maximum absolute atomic E-state index is 15.3. The summed E-state index contributed by atoms with van der Waals surface area (Å²) in [7, 11) is 2.83. The molecule has 4 aliphatic rings. The number of carbonyl (C=O) groups is 4. The molecule has 56 heavy (non-hydrogen) atoms. The Morgan fingerprint density at radius 1 is 0.875 bits per heavy atom. The molecule has 286 valence electrons. The van der Waals surface area contributed by atoms with Crippen molar-refractivity contribution in [3.8, 4) is 17.2 Å². The number of nitrogens with zero attached hydrogens (tertiary/aromatic N) is 2. The minimum Gasteiger partial charge on any atom is -0.502 e. The Balaban J connectivity index is 1.31. The first-order valence-corrected chi connectivity index (χ1v) is 18.8. The van der Waals surface area contributed by atoms with Gasteiger partial charge in [0.25, 0.3) is 11.8 Å². The Bertz CT molecular complexity index is 2340. The van der Waals surface area contributed by atoms with E-state index in [0.29, 0.717) is 32.5 Å². The summed E-state index contributed by atoms with van der Waals surface area (Å²) >= 11 is 12.8. The highest BCUT2D eigenvalue weighted by Crippen LogP contribution is 2.62. The first-order valence-electron chi connectivity index (χ1n) is 18.0. The average molecular weight is 797 g/mol. The fraction of sp³-hybridized carbons (Fsp3) is 0.256. The molecule has 4 aromatic carbocycles. The van der Waals surface area contributed by atoms with Crippen LogP contribution in [0.4, 0.5) is 15.8 Å². The smallest absolute Gasteiger partial charge is 0.260 e. The van der Waals surface area contributed by atoms with Crippen LogP contribution in [0.1, 0.15) is 29.5 Å². The molecular formula is C43H36Cl2FN3O7. The molecule has 2 heterocycles. The number of halogens is 3. The summed E-state index contributed by atoms with van der Waals surface area (Å²) in [5.74, 6) is -6.19. The molecule has 0 bridgehead atoms. The van der Waals surface area contributed by atoms with Crippen LogP contribution in [0.15, 0.2) is 96.6 Å². The van der Waals surface area contributed by atoms with E-state index in [1.807, 2.05) is 19.1 Å². The Labute approximate surface area is 332 Å². The van der Waals surface area contributed by atoms with Crippen molar-refractivity contribution in [1.29, 1.82) is 0 Å². The first-order chi connectivity index (χ1) is 26.9. The van der Waals surface area contributed by atoms with Gasteiger partial charge in [-0.1, -0.05) is 65.2 Å². The lowest BCUT2D eigenvalue weighted by molar-refractivity contribution is -0.139. The Kier molecular flexibility index (Phi) is 9.41. The minimum atomic E-state index is -1.55. The van der Waals surface area contributed by atoms with Crippen molar-refractivity contribution in [2.75, 3.05) is 24.5 Å². The third-order valence-corrected chi connectivity index (χ3v) is 12.4. The van der Waals surface area contributed by atoms with Crippen LogP contribution in [-0.4, -0.2) is 48.0 Å². The number of hydrazine groups is 1. The number of phenols is 1. The fourth-order valence-corrected chi connectivity index (χ4v) is 9.39. The van der Waals surface area contributed by atoms with E-state index in [1.54, 1.807) is 60.7 Å². The molecule has 0 aromatic heterocycles. The highest BCUT2D eigenvalue weighted by molar-refractivity contribution is 6.32. The maximum atomic E-state index is 15.3. The fourth-order valence-electron chi connectivity index (χ4n) is 9.09. The van der Waals surface area contributed by atoms with Gasteiger partial charge in [0.15, 0.2) is 11.5 Å². The zero-order valence-corrected chi connectivity index (χ0v) is 32.0. The topological polar surface area (TPSA) is 125 Å². The summed E-state index contributed by atoms with van der Waals surface area (Å²) in [6.45, 7) is 1.83. The molecule has 13 heteroatoms. The molecule has 4 amide bonds. The highest BCUT2D eigenvalue weighted by atomic mass is 35.5. The van der Waals surface area contributed by atoms with Crippen LogP contribution >= 0.6 is 23.2 Å². The van der Waals surface area contributed by atoms with Crippen molar-refractivity contribution in [2.24, 2.45) is 29.6 Å². The van der Waals surface area contributed by atoms with Crippen molar-refractivity contribution in [1.82, 2.24) is 5.01 Å². The van der Waals surface area contributed by atoms with Crippen LogP contribution in [-0.2, 0) is 24.6 Å². The van der Waals surface area contributed by atoms with Gasteiger partial charge in [-0.2, -0.15) is 5.01 Å². The number of anilines is 2. The second kappa shape index (κ2) is 14.1. The SMILES string of the molecule is COc1cc(C=CC2C3=CCC4C(=O)N(c5ccc(C)c(Cl)c5)C(=O)C4C3CC3C(=O)N(Nc4ccc(F)cc4)C(=O)C23c2ccc(Cl)cc2)cc(OC)c1O. The van der Waals surface area contributed by atoms with Crippen molar-refractivity contribution in [3.63, 3.8) is 0 Å².